The number of rotatable bonds is 6. The number of nitrogens with one attached hydrogen (secondary N) is 1. The van der Waals surface area contributed by atoms with Gasteiger partial charge in [0.25, 0.3) is 0 Å². The average Bonchev–Trinajstić information content (AvgIpc) is 2.95. The summed E-state index contributed by atoms with van der Waals surface area (Å²) in [6.07, 6.45) is -3.27. The molecule has 0 radical (unpaired) electrons. The largest absolute Gasteiger partial charge is 0.573 e. The second-order valence-corrected chi connectivity index (χ2v) is 6.76. The van der Waals surface area contributed by atoms with Crippen molar-refractivity contribution in [3.05, 3.63) is 30.9 Å². The van der Waals surface area contributed by atoms with Crippen LogP contribution in [0.25, 0.3) is 10.9 Å². The third kappa shape index (κ3) is 5.46. The highest BCUT2D eigenvalue weighted by atomic mass is 32.1. The summed E-state index contributed by atoms with van der Waals surface area (Å²) in [5.74, 6) is -0.668. The zero-order valence-electron chi connectivity index (χ0n) is 15.9. The minimum absolute atomic E-state index is 0.00589. The lowest BCUT2D eigenvalue weighted by atomic mass is 10.2. The summed E-state index contributed by atoms with van der Waals surface area (Å²) in [5, 5.41) is 21.6. The van der Waals surface area contributed by atoms with E-state index in [4.69, 9.17) is 17.0 Å². The van der Waals surface area contributed by atoms with Crippen molar-refractivity contribution in [2.45, 2.75) is 13.0 Å². The number of ether oxygens (including phenoxy) is 2. The van der Waals surface area contributed by atoms with Gasteiger partial charge in [0.1, 0.15) is 5.75 Å². The van der Waals surface area contributed by atoms with Gasteiger partial charge >= 0.3 is 6.36 Å². The van der Waals surface area contributed by atoms with Crippen molar-refractivity contribution in [1.29, 1.82) is 0 Å². The van der Waals surface area contributed by atoms with Crippen LogP contribution >= 0.6 is 12.2 Å². The van der Waals surface area contributed by atoms with Crippen LogP contribution in [-0.2, 0) is 11.4 Å². The van der Waals surface area contributed by atoms with E-state index < -0.39 is 12.1 Å². The number of alkyl halides is 3. The van der Waals surface area contributed by atoms with E-state index in [1.54, 1.807) is 10.6 Å². The molecule has 12 heteroatoms. The maximum Gasteiger partial charge on any atom is 0.573 e. The highest BCUT2D eigenvalue weighted by molar-refractivity contribution is 7.80. The smallest absolute Gasteiger partial charge is 0.493 e. The molecule has 2 heterocycles. The summed E-state index contributed by atoms with van der Waals surface area (Å²) < 4.78 is 48.8. The van der Waals surface area contributed by atoms with Crippen molar-refractivity contribution in [3.63, 3.8) is 0 Å². The van der Waals surface area contributed by atoms with E-state index in [-0.39, 0.29) is 22.1 Å². The van der Waals surface area contributed by atoms with Gasteiger partial charge in [-0.3, -0.25) is 9.47 Å². The summed E-state index contributed by atoms with van der Waals surface area (Å²) in [6.45, 7) is 6.64. The lowest BCUT2D eigenvalue weighted by molar-refractivity contribution is -0.274. The molecule has 1 aromatic heterocycles. The number of halogens is 3. The molecule has 3 rings (SSSR count). The Hall–Kier alpha value is -2.70. The molecule has 1 aliphatic rings. The Morgan fingerprint density at radius 2 is 2.10 bits per heavy atom. The molecule has 1 saturated heterocycles. The van der Waals surface area contributed by atoms with E-state index in [2.05, 4.69) is 26.9 Å². The van der Waals surface area contributed by atoms with Gasteiger partial charge in [-0.15, -0.1) is 30.0 Å². The van der Waals surface area contributed by atoms with E-state index in [1.165, 1.54) is 12.1 Å². The summed E-state index contributed by atoms with van der Waals surface area (Å²) in [6, 6.07) is 3.78. The van der Waals surface area contributed by atoms with Crippen LogP contribution in [0.4, 0.5) is 18.9 Å². The Balaban J connectivity index is 2.00. The van der Waals surface area contributed by atoms with Gasteiger partial charge in [0, 0.05) is 25.0 Å². The van der Waals surface area contributed by atoms with E-state index in [9.17, 15) is 18.3 Å². The third-order valence-corrected chi connectivity index (χ3v) is 4.52. The Morgan fingerprint density at radius 3 is 2.77 bits per heavy atom. The van der Waals surface area contributed by atoms with Crippen molar-refractivity contribution >= 4 is 33.9 Å². The van der Waals surface area contributed by atoms with E-state index in [1.807, 2.05) is 4.90 Å². The first-order chi connectivity index (χ1) is 14.3. The quantitative estimate of drug-likeness (QED) is 0.403. The maximum atomic E-state index is 12.6. The lowest BCUT2D eigenvalue weighted by Crippen LogP contribution is -2.37. The molecule has 162 valence electrons. The lowest BCUT2D eigenvalue weighted by Gasteiger charge is -2.27. The van der Waals surface area contributed by atoms with Crippen LogP contribution in [0.2, 0.25) is 0 Å². The average molecular weight is 443 g/mol. The van der Waals surface area contributed by atoms with Crippen molar-refractivity contribution in [3.8, 4) is 11.6 Å². The molecular weight excluding hydrogens is 423 g/mol. The Morgan fingerprint density at radius 1 is 1.37 bits per heavy atom. The summed E-state index contributed by atoms with van der Waals surface area (Å²) in [7, 11) is 0. The van der Waals surface area contributed by atoms with E-state index in [0.29, 0.717) is 45.0 Å². The monoisotopic (exact) mass is 443 g/mol. The standard InChI is InChI=1S/C18H20F3N5O3S/c1-2-5-22-17(30)24-23-15-13-10-12(29-18(19,20)21)3-4-14(13)26(16(15)27)11-25-6-8-28-9-7-25/h2-4,10,27H,1,5-9,11H2,(H,22,30). The number of hydrogen-bond acceptors (Lipinski definition) is 6. The molecule has 0 amide bonds. The molecule has 0 atom stereocenters. The zero-order chi connectivity index (χ0) is 21.7. The number of hydrogen-bond donors (Lipinski definition) is 2. The molecule has 0 spiro atoms. The van der Waals surface area contributed by atoms with Crippen LogP contribution in [0.5, 0.6) is 11.6 Å². The number of thiocarbonyl (C=S) groups is 1. The molecule has 1 fully saturated rings. The van der Waals surface area contributed by atoms with E-state index in [0.717, 1.165) is 6.07 Å². The van der Waals surface area contributed by atoms with Crippen LogP contribution in [0, 0.1) is 0 Å². The Kier molecular flexibility index (Phi) is 6.90. The number of aromatic hydroxyl groups is 1. The van der Waals surface area contributed by atoms with E-state index >= 15 is 0 Å². The zero-order valence-corrected chi connectivity index (χ0v) is 16.7. The third-order valence-electron chi connectivity index (χ3n) is 4.30. The normalized spacial score (nSPS) is 15.6. The fourth-order valence-electron chi connectivity index (χ4n) is 2.97. The fourth-order valence-corrected chi connectivity index (χ4v) is 3.10. The molecular formula is C18H20F3N5O3S. The van der Waals surface area contributed by atoms with Gasteiger partial charge < -0.3 is 19.9 Å². The number of fused-ring (bicyclic) bond motifs is 1. The van der Waals surface area contributed by atoms with Crippen LogP contribution < -0.4 is 10.1 Å². The second-order valence-electron chi connectivity index (χ2n) is 6.37. The first kappa shape index (κ1) is 22.0. The number of benzene rings is 1. The highest BCUT2D eigenvalue weighted by Crippen LogP contribution is 2.41. The minimum Gasteiger partial charge on any atom is -0.493 e. The Bertz CT molecular complexity index is 955. The predicted octanol–water partition coefficient (Wildman–Crippen LogP) is 3.68. The summed E-state index contributed by atoms with van der Waals surface area (Å²) in [5.41, 5.74) is 0.473. The summed E-state index contributed by atoms with van der Waals surface area (Å²) >= 11 is 5.02. The molecule has 1 aliphatic heterocycles. The minimum atomic E-state index is -4.84. The van der Waals surface area contributed by atoms with Crippen molar-refractivity contribution in [1.82, 2.24) is 14.8 Å². The van der Waals surface area contributed by atoms with Gasteiger partial charge in [-0.25, -0.2) is 0 Å². The SMILES string of the molecule is C=CCNC(=S)N=Nc1c(O)n(CN2CCOCC2)c2ccc(OC(F)(F)F)cc12. The molecule has 2 aromatic rings. The van der Waals surface area contributed by atoms with Gasteiger partial charge in [-0.1, -0.05) is 6.08 Å². The molecule has 0 unspecified atom stereocenters. The van der Waals surface area contributed by atoms with Gasteiger partial charge in [0.05, 0.1) is 25.4 Å². The van der Waals surface area contributed by atoms with Gasteiger partial charge in [0.15, 0.2) is 5.69 Å². The van der Waals surface area contributed by atoms with Crippen LogP contribution in [0.1, 0.15) is 0 Å². The predicted molar refractivity (Wildman–Crippen MR) is 108 cm³/mol. The molecule has 2 N–H and O–H groups in total. The molecule has 30 heavy (non-hydrogen) atoms. The first-order valence-corrected chi connectivity index (χ1v) is 9.41. The highest BCUT2D eigenvalue weighted by Gasteiger charge is 2.31. The van der Waals surface area contributed by atoms with Crippen molar-refractivity contribution in [2.75, 3.05) is 32.8 Å². The van der Waals surface area contributed by atoms with Crippen LogP contribution in [-0.4, -0.2) is 58.9 Å². The van der Waals surface area contributed by atoms with Crippen LogP contribution in [0.3, 0.4) is 0 Å². The number of azo groups is 1. The first-order valence-electron chi connectivity index (χ1n) is 9.00. The topological polar surface area (TPSA) is 83.6 Å². The molecule has 0 bridgehead atoms. The number of aromatic nitrogens is 1. The van der Waals surface area contributed by atoms with Crippen LogP contribution in [0.15, 0.2) is 41.1 Å². The van der Waals surface area contributed by atoms with Crippen molar-refractivity contribution in [2.24, 2.45) is 10.2 Å². The maximum absolute atomic E-state index is 12.6. The van der Waals surface area contributed by atoms with Crippen molar-refractivity contribution < 1.29 is 27.8 Å². The number of morpholine rings is 1. The Labute approximate surface area is 175 Å². The molecule has 0 saturated carbocycles. The molecule has 8 nitrogen and oxygen atoms in total. The molecule has 1 aromatic carbocycles. The molecule has 0 aliphatic carbocycles. The van der Waals surface area contributed by atoms with Gasteiger partial charge in [-0.2, -0.15) is 0 Å². The number of nitrogens with zero attached hydrogens (tertiary/aromatic N) is 4. The summed E-state index contributed by atoms with van der Waals surface area (Å²) in [4.78, 5) is 2.04. The second kappa shape index (κ2) is 9.41. The van der Waals surface area contributed by atoms with Gasteiger partial charge in [0.2, 0.25) is 11.0 Å². The fraction of sp³-hybridized carbons (Fsp3) is 0.389. The van der Waals surface area contributed by atoms with Gasteiger partial charge in [-0.05, 0) is 30.4 Å².